The number of rotatable bonds is 2. The van der Waals surface area contributed by atoms with E-state index in [1.807, 2.05) is 6.07 Å². The molecule has 124 valence electrons. The lowest BCUT2D eigenvalue weighted by Gasteiger charge is -2.54. The van der Waals surface area contributed by atoms with Gasteiger partial charge in [0.2, 0.25) is 0 Å². The van der Waals surface area contributed by atoms with Gasteiger partial charge in [-0.05, 0) is 42.5 Å². The lowest BCUT2D eigenvalue weighted by molar-refractivity contribution is -0.108. The summed E-state index contributed by atoms with van der Waals surface area (Å²) in [4.78, 5) is 12.4. The third-order valence-corrected chi connectivity index (χ3v) is 5.88. The number of hydrogen-bond donors (Lipinski definition) is 2. The van der Waals surface area contributed by atoms with Crippen LogP contribution in [0.2, 0.25) is 0 Å². The Morgan fingerprint density at radius 1 is 1.30 bits per heavy atom. The molecule has 1 saturated carbocycles. The molecule has 1 saturated heterocycles. The maximum Gasteiger partial charge on any atom is 0.315 e. The molecule has 2 amide bonds. The molecule has 4 atom stereocenters. The van der Waals surface area contributed by atoms with Crippen molar-refractivity contribution in [1.82, 2.24) is 10.6 Å². The van der Waals surface area contributed by atoms with Crippen LogP contribution in [0.1, 0.15) is 43.9 Å². The Morgan fingerprint density at radius 3 is 2.96 bits per heavy atom. The molecule has 0 radical (unpaired) electrons. The molecule has 4 rings (SSSR count). The van der Waals surface area contributed by atoms with Gasteiger partial charge in [-0.2, -0.15) is 0 Å². The number of carbonyl (C=O) groups excluding carboxylic acids is 1. The molecule has 2 N–H and O–H groups in total. The van der Waals surface area contributed by atoms with E-state index in [-0.39, 0.29) is 35.5 Å². The smallest absolute Gasteiger partial charge is 0.315 e. The Morgan fingerprint density at radius 2 is 2.13 bits per heavy atom. The average molecular weight is 318 g/mol. The highest BCUT2D eigenvalue weighted by atomic mass is 19.1. The number of urea groups is 1. The van der Waals surface area contributed by atoms with Crippen LogP contribution in [-0.4, -0.2) is 24.8 Å². The van der Waals surface area contributed by atoms with Gasteiger partial charge in [0, 0.05) is 24.0 Å². The van der Waals surface area contributed by atoms with E-state index in [9.17, 15) is 9.18 Å². The molecule has 0 spiro atoms. The lowest BCUT2D eigenvalue weighted by atomic mass is 9.57. The third kappa shape index (κ3) is 2.33. The highest BCUT2D eigenvalue weighted by Gasteiger charge is 2.59. The van der Waals surface area contributed by atoms with Crippen molar-refractivity contribution in [2.75, 3.05) is 6.61 Å². The van der Waals surface area contributed by atoms with Crippen molar-refractivity contribution in [2.45, 2.75) is 51.3 Å². The van der Waals surface area contributed by atoms with Crippen molar-refractivity contribution >= 4 is 6.03 Å². The van der Waals surface area contributed by atoms with Gasteiger partial charge in [0.1, 0.15) is 5.82 Å². The molecule has 23 heavy (non-hydrogen) atoms. The van der Waals surface area contributed by atoms with Gasteiger partial charge in [-0.3, -0.25) is 0 Å². The Kier molecular flexibility index (Phi) is 3.38. The van der Waals surface area contributed by atoms with E-state index >= 15 is 0 Å². The predicted molar refractivity (Wildman–Crippen MR) is 84.5 cm³/mol. The third-order valence-electron chi connectivity index (χ3n) is 5.88. The quantitative estimate of drug-likeness (QED) is 0.881. The fourth-order valence-corrected chi connectivity index (χ4v) is 4.68. The first-order valence-corrected chi connectivity index (χ1v) is 8.44. The lowest BCUT2D eigenvalue weighted by Crippen LogP contribution is -2.67. The van der Waals surface area contributed by atoms with Crippen LogP contribution in [0.25, 0.3) is 0 Å². The molecule has 1 heterocycles. The number of benzene rings is 1. The number of ether oxygens (including phenoxy) is 1. The van der Waals surface area contributed by atoms with Crippen molar-refractivity contribution in [2.24, 2.45) is 11.3 Å². The van der Waals surface area contributed by atoms with E-state index in [0.29, 0.717) is 5.92 Å². The Hall–Kier alpha value is -1.62. The molecule has 2 fully saturated rings. The largest absolute Gasteiger partial charge is 0.377 e. The number of nitrogens with one attached hydrogen (secondary N) is 2. The molecule has 0 aromatic heterocycles. The number of aryl methyl sites for hydroxylation is 1. The maximum atomic E-state index is 13.5. The van der Waals surface area contributed by atoms with E-state index in [2.05, 4.69) is 24.5 Å². The molecule has 1 aliphatic heterocycles. The molecule has 3 aliphatic rings. The first-order chi connectivity index (χ1) is 11.0. The standard InChI is InChI=1S/C18H23FN2O2/c1-18(2)15(12-7-8-23-16(12)18)21-17(22)20-14-6-4-10-3-5-11(19)9-13(10)14/h3,5,9,12,14-16H,4,6-8H2,1-2H3,(H2,20,21,22)/t12-,14+,15+,16+/m0/s1. The summed E-state index contributed by atoms with van der Waals surface area (Å²) in [6, 6.07) is 4.73. The van der Waals surface area contributed by atoms with Gasteiger partial charge < -0.3 is 15.4 Å². The minimum absolute atomic E-state index is 0.0296. The second-order valence-corrected chi connectivity index (χ2v) is 7.60. The summed E-state index contributed by atoms with van der Waals surface area (Å²) in [6.45, 7) is 5.07. The fourth-order valence-electron chi connectivity index (χ4n) is 4.68. The molecule has 5 heteroatoms. The summed E-state index contributed by atoms with van der Waals surface area (Å²) in [5.41, 5.74) is 2.01. The van der Waals surface area contributed by atoms with Gasteiger partial charge in [0.15, 0.2) is 0 Å². The number of carbonyl (C=O) groups is 1. The summed E-state index contributed by atoms with van der Waals surface area (Å²) < 4.78 is 19.2. The monoisotopic (exact) mass is 318 g/mol. The summed E-state index contributed by atoms with van der Waals surface area (Å²) in [7, 11) is 0. The van der Waals surface area contributed by atoms with Crippen LogP contribution in [0.3, 0.4) is 0 Å². The van der Waals surface area contributed by atoms with Crippen LogP contribution in [0.5, 0.6) is 0 Å². The number of amides is 2. The molecule has 1 aromatic carbocycles. The SMILES string of the molecule is CC1(C)[C@H](NC(=O)N[C@@H]2CCc3ccc(F)cc32)[C@@H]2CCO[C@H]21. The van der Waals surface area contributed by atoms with Crippen LogP contribution < -0.4 is 10.6 Å². The number of fused-ring (bicyclic) bond motifs is 2. The predicted octanol–water partition coefficient (Wildman–Crippen LogP) is 2.93. The Labute approximate surface area is 135 Å². The van der Waals surface area contributed by atoms with Gasteiger partial charge in [0.25, 0.3) is 0 Å². The van der Waals surface area contributed by atoms with Crippen molar-refractivity contribution in [1.29, 1.82) is 0 Å². The van der Waals surface area contributed by atoms with Gasteiger partial charge in [-0.1, -0.05) is 19.9 Å². The molecule has 0 unspecified atom stereocenters. The van der Waals surface area contributed by atoms with Gasteiger partial charge in [-0.25, -0.2) is 9.18 Å². The van der Waals surface area contributed by atoms with Crippen LogP contribution in [0.15, 0.2) is 18.2 Å². The summed E-state index contributed by atoms with van der Waals surface area (Å²) in [5.74, 6) is 0.174. The van der Waals surface area contributed by atoms with Gasteiger partial charge in [-0.15, -0.1) is 0 Å². The second kappa shape index (κ2) is 5.20. The first-order valence-electron chi connectivity index (χ1n) is 8.44. The van der Waals surface area contributed by atoms with Crippen molar-refractivity contribution in [3.8, 4) is 0 Å². The molecule has 1 aromatic rings. The zero-order valence-corrected chi connectivity index (χ0v) is 13.6. The topological polar surface area (TPSA) is 50.4 Å². The van der Waals surface area contributed by atoms with Gasteiger partial charge >= 0.3 is 6.03 Å². The highest BCUT2D eigenvalue weighted by Crippen LogP contribution is 2.52. The van der Waals surface area contributed by atoms with Crippen molar-refractivity contribution in [3.63, 3.8) is 0 Å². The van der Waals surface area contributed by atoms with E-state index in [1.165, 1.54) is 6.07 Å². The van der Waals surface area contributed by atoms with Crippen molar-refractivity contribution < 1.29 is 13.9 Å². The van der Waals surface area contributed by atoms with Gasteiger partial charge in [0.05, 0.1) is 12.1 Å². The summed E-state index contributed by atoms with van der Waals surface area (Å²) in [6.07, 6.45) is 2.98. The van der Waals surface area contributed by atoms with E-state index in [1.54, 1.807) is 6.07 Å². The van der Waals surface area contributed by atoms with Crippen LogP contribution in [-0.2, 0) is 11.2 Å². The molecular weight excluding hydrogens is 295 g/mol. The number of halogens is 1. The van der Waals surface area contributed by atoms with E-state index < -0.39 is 0 Å². The first kappa shape index (κ1) is 14.9. The molecule has 4 nitrogen and oxygen atoms in total. The Bertz CT molecular complexity index is 646. The van der Waals surface area contributed by atoms with Crippen molar-refractivity contribution in [3.05, 3.63) is 35.1 Å². The molecular formula is C18H23FN2O2. The zero-order valence-electron chi connectivity index (χ0n) is 13.6. The second-order valence-electron chi connectivity index (χ2n) is 7.60. The fraction of sp³-hybridized carbons (Fsp3) is 0.611. The van der Waals surface area contributed by atoms with E-state index in [0.717, 1.165) is 37.0 Å². The summed E-state index contributed by atoms with van der Waals surface area (Å²) in [5, 5.41) is 6.15. The average Bonchev–Trinajstić information content (AvgIpc) is 3.11. The number of hydrogen-bond acceptors (Lipinski definition) is 2. The van der Waals surface area contributed by atoms with Crippen LogP contribution >= 0.6 is 0 Å². The highest BCUT2D eigenvalue weighted by molar-refractivity contribution is 5.75. The Balaban J connectivity index is 1.41. The summed E-state index contributed by atoms with van der Waals surface area (Å²) >= 11 is 0. The molecule has 0 bridgehead atoms. The van der Waals surface area contributed by atoms with Crippen LogP contribution in [0, 0.1) is 17.2 Å². The zero-order chi connectivity index (χ0) is 16.2. The van der Waals surface area contributed by atoms with E-state index in [4.69, 9.17) is 4.74 Å². The normalized spacial score (nSPS) is 33.5. The maximum absolute atomic E-state index is 13.5. The minimum atomic E-state index is -0.246. The molecule has 2 aliphatic carbocycles. The minimum Gasteiger partial charge on any atom is -0.377 e. The van der Waals surface area contributed by atoms with Crippen LogP contribution in [0.4, 0.5) is 9.18 Å².